The van der Waals surface area contributed by atoms with E-state index in [2.05, 4.69) is 10.6 Å². The fraction of sp³-hybridized carbons (Fsp3) is 0.533. The summed E-state index contributed by atoms with van der Waals surface area (Å²) in [5.74, 6) is -0.360. The molecule has 0 aromatic heterocycles. The smallest absolute Gasteiger partial charge is 0.293 e. The third-order valence-corrected chi connectivity index (χ3v) is 3.70. The molecule has 120 valence electrons. The van der Waals surface area contributed by atoms with Gasteiger partial charge in [-0.1, -0.05) is 6.92 Å². The summed E-state index contributed by atoms with van der Waals surface area (Å²) in [4.78, 5) is 22.9. The zero-order valence-corrected chi connectivity index (χ0v) is 12.5. The number of rotatable bonds is 8. The number of nitro groups is 1. The lowest BCUT2D eigenvalue weighted by Crippen LogP contribution is -2.35. The monoisotopic (exact) mass is 307 g/mol. The average molecular weight is 307 g/mol. The van der Waals surface area contributed by atoms with Crippen molar-refractivity contribution in [3.8, 4) is 0 Å². The topological polar surface area (TPSA) is 104 Å². The molecule has 1 amide bonds. The molecule has 1 saturated carbocycles. The summed E-state index contributed by atoms with van der Waals surface area (Å²) in [6, 6.07) is 4.62. The second-order valence-corrected chi connectivity index (χ2v) is 5.50. The highest BCUT2D eigenvalue weighted by atomic mass is 16.6. The molecule has 0 heterocycles. The molecule has 2 rings (SSSR count). The number of nitrogens with one attached hydrogen (secondary N) is 2. The van der Waals surface area contributed by atoms with Crippen molar-refractivity contribution < 1.29 is 14.8 Å². The fourth-order valence-electron chi connectivity index (χ4n) is 2.20. The van der Waals surface area contributed by atoms with E-state index in [1.54, 1.807) is 12.1 Å². The Hall–Kier alpha value is -2.15. The maximum absolute atomic E-state index is 12.2. The van der Waals surface area contributed by atoms with Gasteiger partial charge in [0.2, 0.25) is 0 Å². The van der Waals surface area contributed by atoms with Crippen LogP contribution in [-0.4, -0.2) is 34.6 Å². The van der Waals surface area contributed by atoms with E-state index in [1.807, 2.05) is 6.92 Å². The number of hydrogen-bond donors (Lipinski definition) is 3. The number of amides is 1. The first-order chi connectivity index (χ1) is 10.5. The van der Waals surface area contributed by atoms with Crippen LogP contribution in [0.3, 0.4) is 0 Å². The van der Waals surface area contributed by atoms with Crippen LogP contribution >= 0.6 is 0 Å². The zero-order chi connectivity index (χ0) is 16.1. The zero-order valence-electron chi connectivity index (χ0n) is 12.5. The molecule has 0 saturated heterocycles. The number of benzene rings is 1. The van der Waals surface area contributed by atoms with Crippen LogP contribution in [0.4, 0.5) is 11.4 Å². The highest BCUT2D eigenvalue weighted by molar-refractivity contribution is 5.96. The molecular weight excluding hydrogens is 286 g/mol. The van der Waals surface area contributed by atoms with Gasteiger partial charge in [0.15, 0.2) is 0 Å². The first-order valence-corrected chi connectivity index (χ1v) is 7.51. The van der Waals surface area contributed by atoms with Gasteiger partial charge in [0.1, 0.15) is 5.69 Å². The minimum absolute atomic E-state index is 0.0107. The minimum atomic E-state index is -0.480. The summed E-state index contributed by atoms with van der Waals surface area (Å²) in [7, 11) is 0. The van der Waals surface area contributed by atoms with Crippen molar-refractivity contribution in [1.29, 1.82) is 0 Å². The predicted molar refractivity (Wildman–Crippen MR) is 83.0 cm³/mol. The van der Waals surface area contributed by atoms with Crippen molar-refractivity contribution in [2.24, 2.45) is 0 Å². The van der Waals surface area contributed by atoms with Crippen LogP contribution in [0.1, 0.15) is 43.0 Å². The molecule has 1 aliphatic carbocycles. The van der Waals surface area contributed by atoms with Crippen LogP contribution in [-0.2, 0) is 0 Å². The van der Waals surface area contributed by atoms with E-state index in [0.717, 1.165) is 12.8 Å². The van der Waals surface area contributed by atoms with Gasteiger partial charge in [-0.3, -0.25) is 14.9 Å². The van der Waals surface area contributed by atoms with Gasteiger partial charge in [-0.05, 0) is 37.8 Å². The summed E-state index contributed by atoms with van der Waals surface area (Å²) in [6.45, 7) is 1.90. The number of carbonyl (C=O) groups excluding carboxylic acids is 1. The Bertz CT molecular complexity index is 558. The molecule has 7 nitrogen and oxygen atoms in total. The van der Waals surface area contributed by atoms with Crippen LogP contribution in [0.2, 0.25) is 0 Å². The summed E-state index contributed by atoms with van der Waals surface area (Å²) in [5.41, 5.74) is 0.616. The highest BCUT2D eigenvalue weighted by Gasteiger charge is 2.25. The number of nitrogens with zero attached hydrogens (tertiary/aromatic N) is 1. The number of carbonyl (C=O) groups is 1. The van der Waals surface area contributed by atoms with Gasteiger partial charge in [-0.15, -0.1) is 0 Å². The second-order valence-electron chi connectivity index (χ2n) is 5.50. The van der Waals surface area contributed by atoms with E-state index < -0.39 is 4.92 Å². The third-order valence-electron chi connectivity index (χ3n) is 3.70. The van der Waals surface area contributed by atoms with Gasteiger partial charge in [-0.2, -0.15) is 0 Å². The lowest BCUT2D eigenvalue weighted by molar-refractivity contribution is -0.384. The summed E-state index contributed by atoms with van der Waals surface area (Å²) < 4.78 is 0. The van der Waals surface area contributed by atoms with E-state index >= 15 is 0 Å². The quantitative estimate of drug-likeness (QED) is 0.503. The van der Waals surface area contributed by atoms with Gasteiger partial charge in [0.05, 0.1) is 4.92 Å². The van der Waals surface area contributed by atoms with Crippen molar-refractivity contribution in [2.45, 2.75) is 44.7 Å². The first-order valence-electron chi connectivity index (χ1n) is 7.51. The Morgan fingerprint density at radius 3 is 2.77 bits per heavy atom. The Labute approximate surface area is 128 Å². The van der Waals surface area contributed by atoms with Gasteiger partial charge in [-0.25, -0.2) is 0 Å². The lowest BCUT2D eigenvalue weighted by Gasteiger charge is -2.16. The fourth-order valence-corrected chi connectivity index (χ4v) is 2.20. The Kier molecular flexibility index (Phi) is 5.32. The Balaban J connectivity index is 2.14. The molecule has 3 N–H and O–H groups in total. The second kappa shape index (κ2) is 7.22. The molecular formula is C15H21N3O4. The molecule has 0 radical (unpaired) electrons. The summed E-state index contributed by atoms with van der Waals surface area (Å²) >= 11 is 0. The summed E-state index contributed by atoms with van der Waals surface area (Å²) in [6.07, 6.45) is 3.18. The molecule has 1 atom stereocenters. The number of anilines is 1. The van der Waals surface area contributed by atoms with Crippen molar-refractivity contribution in [2.75, 3.05) is 11.9 Å². The molecule has 1 aromatic carbocycles. The van der Waals surface area contributed by atoms with Crippen LogP contribution < -0.4 is 10.6 Å². The third kappa shape index (κ3) is 4.17. The number of nitro benzene ring substituents is 1. The molecule has 1 aliphatic rings. The Morgan fingerprint density at radius 2 is 2.23 bits per heavy atom. The van der Waals surface area contributed by atoms with E-state index in [9.17, 15) is 14.9 Å². The SMILES string of the molecule is CCC(CCO)NC(=O)c1ccc(NC2CC2)c([N+](=O)[O-])c1. The molecule has 0 spiro atoms. The first kappa shape index (κ1) is 16.2. The van der Waals surface area contributed by atoms with Crippen LogP contribution in [0, 0.1) is 10.1 Å². The van der Waals surface area contributed by atoms with Gasteiger partial charge >= 0.3 is 0 Å². The molecule has 0 aliphatic heterocycles. The number of aliphatic hydroxyl groups excluding tert-OH is 1. The maximum atomic E-state index is 12.2. The van der Waals surface area contributed by atoms with Crippen molar-refractivity contribution in [3.05, 3.63) is 33.9 Å². The minimum Gasteiger partial charge on any atom is -0.396 e. The molecule has 7 heteroatoms. The van der Waals surface area contributed by atoms with Gasteiger partial charge < -0.3 is 15.7 Å². The molecule has 1 unspecified atom stereocenters. The van der Waals surface area contributed by atoms with Gasteiger partial charge in [0.25, 0.3) is 11.6 Å². The van der Waals surface area contributed by atoms with Crippen molar-refractivity contribution in [3.63, 3.8) is 0 Å². The van der Waals surface area contributed by atoms with E-state index in [4.69, 9.17) is 5.11 Å². The van der Waals surface area contributed by atoms with E-state index in [-0.39, 0.29) is 29.8 Å². The normalized spacial score (nSPS) is 15.2. The van der Waals surface area contributed by atoms with E-state index in [0.29, 0.717) is 24.6 Å². The lowest BCUT2D eigenvalue weighted by atomic mass is 10.1. The largest absolute Gasteiger partial charge is 0.396 e. The highest BCUT2D eigenvalue weighted by Crippen LogP contribution is 2.31. The van der Waals surface area contributed by atoms with E-state index in [1.165, 1.54) is 6.07 Å². The number of aliphatic hydroxyl groups is 1. The van der Waals surface area contributed by atoms with Crippen LogP contribution in [0.5, 0.6) is 0 Å². The standard InChI is InChI=1S/C15H21N3O4/c1-2-11(7-8-19)17-15(20)10-3-6-13(16-12-4-5-12)14(9-10)18(21)22/h3,6,9,11-12,16,19H,2,4-5,7-8H2,1H3,(H,17,20). The maximum Gasteiger partial charge on any atom is 0.293 e. The Morgan fingerprint density at radius 1 is 1.50 bits per heavy atom. The van der Waals surface area contributed by atoms with Gasteiger partial charge in [0, 0.05) is 30.3 Å². The average Bonchev–Trinajstić information content (AvgIpc) is 3.30. The van der Waals surface area contributed by atoms with Crippen LogP contribution in [0.25, 0.3) is 0 Å². The summed E-state index contributed by atoms with van der Waals surface area (Å²) in [5, 5.41) is 26.0. The molecule has 1 aromatic rings. The molecule has 0 bridgehead atoms. The van der Waals surface area contributed by atoms with Crippen LogP contribution in [0.15, 0.2) is 18.2 Å². The number of hydrogen-bond acceptors (Lipinski definition) is 5. The molecule has 1 fully saturated rings. The predicted octanol–water partition coefficient (Wildman–Crippen LogP) is 2.06. The van der Waals surface area contributed by atoms with Crippen molar-refractivity contribution >= 4 is 17.3 Å². The molecule has 22 heavy (non-hydrogen) atoms. The van der Waals surface area contributed by atoms with Crippen molar-refractivity contribution in [1.82, 2.24) is 5.32 Å².